The second-order valence-electron chi connectivity index (χ2n) is 4.48. The van der Waals surface area contributed by atoms with E-state index in [4.69, 9.17) is 0 Å². The molecule has 0 atom stereocenters. The molecular weight excluding hydrogens is 203 g/mol. The normalized spacial score (nSPS) is 10.1. The fraction of sp³-hybridized carbons (Fsp3) is 0.818. The molecule has 0 aromatic carbocycles. The first kappa shape index (κ1) is 15.0. The third kappa shape index (κ3) is 5.19. The minimum absolute atomic E-state index is 0.0154. The highest BCUT2D eigenvalue weighted by atomic mass is 16.2. The number of hydrogen-bond donors (Lipinski definition) is 0. The topological polar surface area (TPSA) is 40.6 Å². The lowest BCUT2D eigenvalue weighted by atomic mass is 9.78. The molecule has 0 bridgehead atoms. The van der Waals surface area contributed by atoms with Crippen LogP contribution in [0.2, 0.25) is 13.1 Å². The molecule has 0 heterocycles. The summed E-state index contributed by atoms with van der Waals surface area (Å²) in [5.41, 5.74) is 0. The third-order valence-corrected chi connectivity index (χ3v) is 2.53. The molecule has 2 amide bonds. The van der Waals surface area contributed by atoms with E-state index in [9.17, 15) is 9.59 Å². The summed E-state index contributed by atoms with van der Waals surface area (Å²) in [6, 6.07) is 0. The van der Waals surface area contributed by atoms with Crippen molar-refractivity contribution in [2.45, 2.75) is 27.0 Å². The molecular formula is C11H23BN2O2. The second kappa shape index (κ2) is 7.31. The predicted molar refractivity (Wildman–Crippen MR) is 67.9 cm³/mol. The summed E-state index contributed by atoms with van der Waals surface area (Å²) in [6.07, 6.45) is 0.582. The van der Waals surface area contributed by atoms with Gasteiger partial charge >= 0.3 is 0 Å². The second-order valence-corrected chi connectivity index (χ2v) is 4.48. The minimum Gasteiger partial charge on any atom is -0.345 e. The van der Waals surface area contributed by atoms with E-state index >= 15 is 0 Å². The van der Waals surface area contributed by atoms with Crippen LogP contribution >= 0.6 is 0 Å². The fourth-order valence-corrected chi connectivity index (χ4v) is 1.38. The first-order chi connectivity index (χ1) is 7.40. The van der Waals surface area contributed by atoms with Gasteiger partial charge in [0.25, 0.3) is 0 Å². The molecule has 0 saturated carbocycles. The van der Waals surface area contributed by atoms with E-state index < -0.39 is 0 Å². The van der Waals surface area contributed by atoms with Crippen molar-refractivity contribution in [2.24, 2.45) is 5.92 Å². The quantitative estimate of drug-likeness (QED) is 0.617. The van der Waals surface area contributed by atoms with Gasteiger partial charge in [0, 0.05) is 39.4 Å². The van der Waals surface area contributed by atoms with Crippen LogP contribution in [-0.2, 0) is 9.59 Å². The minimum atomic E-state index is 0.0154. The van der Waals surface area contributed by atoms with Gasteiger partial charge in [-0.3, -0.25) is 9.59 Å². The van der Waals surface area contributed by atoms with Crippen molar-refractivity contribution in [2.75, 3.05) is 27.2 Å². The van der Waals surface area contributed by atoms with Gasteiger partial charge < -0.3 is 9.80 Å². The molecule has 0 aliphatic rings. The van der Waals surface area contributed by atoms with Crippen molar-refractivity contribution < 1.29 is 9.59 Å². The highest BCUT2D eigenvalue weighted by Crippen LogP contribution is 1.99. The van der Waals surface area contributed by atoms with Gasteiger partial charge in [-0.2, -0.15) is 0 Å². The number of carbonyl (C=O) groups is 2. The summed E-state index contributed by atoms with van der Waals surface area (Å²) in [7, 11) is 4.43. The molecule has 0 radical (unpaired) electrons. The standard InChI is InChI=1S/C11H23BN2O2/c1-9(2)11(16)14(5)7-6-13(4)10(15)8-12-3/h9,12H,6-8H2,1-5H3. The summed E-state index contributed by atoms with van der Waals surface area (Å²) in [5, 5.41) is 0. The Balaban J connectivity index is 3.96. The van der Waals surface area contributed by atoms with E-state index in [-0.39, 0.29) is 17.7 Å². The van der Waals surface area contributed by atoms with Gasteiger partial charge in [0.05, 0.1) is 0 Å². The van der Waals surface area contributed by atoms with Crippen molar-refractivity contribution in [1.29, 1.82) is 0 Å². The molecule has 5 heteroatoms. The van der Waals surface area contributed by atoms with Gasteiger partial charge in [-0.1, -0.05) is 20.7 Å². The molecule has 0 spiro atoms. The summed E-state index contributed by atoms with van der Waals surface area (Å²) in [4.78, 5) is 26.4. The molecule has 4 nitrogen and oxygen atoms in total. The Labute approximate surface area is 99.2 Å². The van der Waals surface area contributed by atoms with Crippen LogP contribution in [0.3, 0.4) is 0 Å². The SMILES string of the molecule is CBCC(=O)N(C)CCN(C)C(=O)C(C)C. The van der Waals surface area contributed by atoms with Crippen LogP contribution in [0, 0.1) is 5.92 Å². The molecule has 0 unspecified atom stereocenters. The van der Waals surface area contributed by atoms with E-state index in [1.54, 1.807) is 23.9 Å². The van der Waals surface area contributed by atoms with Crippen LogP contribution in [0.4, 0.5) is 0 Å². The molecule has 0 aromatic rings. The zero-order chi connectivity index (χ0) is 12.7. The van der Waals surface area contributed by atoms with Crippen LogP contribution in [0.1, 0.15) is 13.8 Å². The fourth-order valence-electron chi connectivity index (χ4n) is 1.38. The number of rotatable bonds is 6. The molecule has 0 aliphatic carbocycles. The van der Waals surface area contributed by atoms with Crippen molar-refractivity contribution in [3.63, 3.8) is 0 Å². The van der Waals surface area contributed by atoms with Crippen LogP contribution in [0.15, 0.2) is 0 Å². The first-order valence-electron chi connectivity index (χ1n) is 5.89. The van der Waals surface area contributed by atoms with E-state index in [1.807, 2.05) is 20.7 Å². The number of likely N-dealkylation sites (N-methyl/N-ethyl adjacent to an activating group) is 2. The molecule has 0 aromatic heterocycles. The Kier molecular flexibility index (Phi) is 6.85. The van der Waals surface area contributed by atoms with E-state index in [0.717, 1.165) is 7.28 Å². The van der Waals surface area contributed by atoms with E-state index in [2.05, 4.69) is 0 Å². The van der Waals surface area contributed by atoms with Crippen LogP contribution < -0.4 is 0 Å². The lowest BCUT2D eigenvalue weighted by molar-refractivity contribution is -0.134. The summed E-state index contributed by atoms with van der Waals surface area (Å²) < 4.78 is 0. The van der Waals surface area contributed by atoms with E-state index in [1.165, 1.54) is 0 Å². The maximum atomic E-state index is 11.6. The van der Waals surface area contributed by atoms with Crippen LogP contribution in [0.25, 0.3) is 0 Å². The Morgan fingerprint density at radius 3 is 2.06 bits per heavy atom. The van der Waals surface area contributed by atoms with Gasteiger partial charge in [0.1, 0.15) is 7.28 Å². The molecule has 92 valence electrons. The lowest BCUT2D eigenvalue weighted by Gasteiger charge is -2.23. The van der Waals surface area contributed by atoms with Gasteiger partial charge in [0.2, 0.25) is 11.8 Å². The monoisotopic (exact) mass is 226 g/mol. The summed E-state index contributed by atoms with van der Waals surface area (Å²) >= 11 is 0. The van der Waals surface area contributed by atoms with Crippen molar-refractivity contribution >= 4 is 19.1 Å². The van der Waals surface area contributed by atoms with Gasteiger partial charge in [0.15, 0.2) is 0 Å². The molecule has 0 fully saturated rings. The maximum absolute atomic E-state index is 11.6. The Hall–Kier alpha value is -0.995. The van der Waals surface area contributed by atoms with Crippen molar-refractivity contribution in [1.82, 2.24) is 9.80 Å². The first-order valence-corrected chi connectivity index (χ1v) is 5.89. The highest BCUT2D eigenvalue weighted by molar-refractivity contribution is 6.39. The van der Waals surface area contributed by atoms with E-state index in [0.29, 0.717) is 19.4 Å². The van der Waals surface area contributed by atoms with Crippen LogP contribution in [-0.4, -0.2) is 56.1 Å². The zero-order valence-corrected chi connectivity index (χ0v) is 11.1. The number of carbonyl (C=O) groups excluding carboxylic acids is 2. The maximum Gasteiger partial charge on any atom is 0.224 e. The molecule has 0 rings (SSSR count). The number of amides is 2. The van der Waals surface area contributed by atoms with Crippen LogP contribution in [0.5, 0.6) is 0 Å². The summed E-state index contributed by atoms with van der Waals surface area (Å²) in [6.45, 7) is 6.95. The van der Waals surface area contributed by atoms with Crippen molar-refractivity contribution in [3.8, 4) is 0 Å². The molecule has 0 N–H and O–H groups in total. The lowest BCUT2D eigenvalue weighted by Crippen LogP contribution is -2.38. The van der Waals surface area contributed by atoms with Crippen molar-refractivity contribution in [3.05, 3.63) is 0 Å². The average Bonchev–Trinajstić information content (AvgIpc) is 2.24. The Morgan fingerprint density at radius 1 is 1.12 bits per heavy atom. The highest BCUT2D eigenvalue weighted by Gasteiger charge is 2.14. The smallest absolute Gasteiger partial charge is 0.224 e. The largest absolute Gasteiger partial charge is 0.345 e. The van der Waals surface area contributed by atoms with Gasteiger partial charge in [-0.25, -0.2) is 0 Å². The predicted octanol–water partition coefficient (Wildman–Crippen LogP) is 0.462. The third-order valence-electron chi connectivity index (χ3n) is 2.53. The van der Waals surface area contributed by atoms with Gasteiger partial charge in [-0.15, -0.1) is 0 Å². The number of hydrogen-bond acceptors (Lipinski definition) is 2. The zero-order valence-electron chi connectivity index (χ0n) is 11.1. The summed E-state index contributed by atoms with van der Waals surface area (Å²) in [5.74, 6) is 0.283. The Bertz CT molecular complexity index is 244. The van der Waals surface area contributed by atoms with Gasteiger partial charge in [-0.05, 0) is 0 Å². The molecule has 16 heavy (non-hydrogen) atoms. The Morgan fingerprint density at radius 2 is 1.62 bits per heavy atom. The molecule has 0 saturated heterocycles. The molecule has 0 aliphatic heterocycles. The number of nitrogens with zero attached hydrogens (tertiary/aromatic N) is 2. The average molecular weight is 226 g/mol.